The summed E-state index contributed by atoms with van der Waals surface area (Å²) in [6, 6.07) is 9.63. The fourth-order valence-corrected chi connectivity index (χ4v) is 3.91. The Hall–Kier alpha value is -1.39. The summed E-state index contributed by atoms with van der Waals surface area (Å²) < 4.78 is 33.8. The molecule has 2 rings (SSSR count). The Morgan fingerprint density at radius 3 is 2.14 bits per heavy atom. The summed E-state index contributed by atoms with van der Waals surface area (Å²) in [5.41, 5.74) is 1.73. The van der Waals surface area contributed by atoms with Gasteiger partial charge in [0.05, 0.1) is 0 Å². The lowest BCUT2D eigenvalue weighted by atomic mass is 9.96. The zero-order valence-electron chi connectivity index (χ0n) is 13.3. The zero-order valence-corrected chi connectivity index (χ0v) is 14.1. The monoisotopic (exact) mass is 320 g/mol. The van der Waals surface area contributed by atoms with Gasteiger partial charge in [-0.15, -0.1) is 0 Å². The van der Waals surface area contributed by atoms with Gasteiger partial charge in [-0.25, -0.2) is 0 Å². The SMILES string of the molecule is CCCCc1ccc2cccc(CCCC)c2c1S(=O)(=O)O. The average molecular weight is 320 g/mol. The van der Waals surface area contributed by atoms with Crippen LogP contribution in [0.15, 0.2) is 35.2 Å². The number of unbranched alkanes of at least 4 members (excludes halogenated alkanes) is 2. The summed E-state index contributed by atoms with van der Waals surface area (Å²) in [5.74, 6) is 0. The molecule has 0 saturated heterocycles. The molecule has 0 aliphatic carbocycles. The molecule has 4 heteroatoms. The molecule has 0 heterocycles. The average Bonchev–Trinajstić information content (AvgIpc) is 2.49. The Labute approximate surface area is 133 Å². The van der Waals surface area contributed by atoms with Crippen LogP contribution in [0.25, 0.3) is 10.8 Å². The molecule has 0 aliphatic rings. The van der Waals surface area contributed by atoms with Crippen molar-refractivity contribution < 1.29 is 13.0 Å². The maximum atomic E-state index is 12.0. The Kier molecular flexibility index (Phi) is 5.59. The molecule has 22 heavy (non-hydrogen) atoms. The van der Waals surface area contributed by atoms with E-state index < -0.39 is 10.1 Å². The lowest BCUT2D eigenvalue weighted by Gasteiger charge is -2.14. The van der Waals surface area contributed by atoms with Gasteiger partial charge in [-0.3, -0.25) is 4.55 Å². The highest BCUT2D eigenvalue weighted by Gasteiger charge is 2.21. The van der Waals surface area contributed by atoms with Crippen LogP contribution in [-0.4, -0.2) is 13.0 Å². The highest BCUT2D eigenvalue weighted by molar-refractivity contribution is 7.86. The van der Waals surface area contributed by atoms with E-state index in [2.05, 4.69) is 13.8 Å². The molecule has 0 fully saturated rings. The minimum atomic E-state index is -4.24. The van der Waals surface area contributed by atoms with Gasteiger partial charge in [-0.05, 0) is 42.2 Å². The number of benzene rings is 2. The van der Waals surface area contributed by atoms with Crippen molar-refractivity contribution in [3.05, 3.63) is 41.5 Å². The van der Waals surface area contributed by atoms with Crippen LogP contribution in [0, 0.1) is 0 Å². The second-order valence-corrected chi connectivity index (χ2v) is 7.11. The highest BCUT2D eigenvalue weighted by atomic mass is 32.2. The predicted octanol–water partition coefficient (Wildman–Crippen LogP) is 4.77. The quantitative estimate of drug-likeness (QED) is 0.747. The largest absolute Gasteiger partial charge is 0.295 e. The number of rotatable bonds is 7. The molecule has 2 aromatic rings. The number of fused-ring (bicyclic) bond motifs is 1. The molecule has 0 unspecified atom stereocenters. The van der Waals surface area contributed by atoms with Crippen molar-refractivity contribution in [3.63, 3.8) is 0 Å². The van der Waals surface area contributed by atoms with Gasteiger partial charge in [0, 0.05) is 5.39 Å². The first kappa shape index (κ1) is 17.0. The molecule has 0 atom stereocenters. The molecule has 1 N–H and O–H groups in total. The summed E-state index contributed by atoms with van der Waals surface area (Å²) in [6.07, 6.45) is 5.44. The van der Waals surface area contributed by atoms with Crippen LogP contribution in [0.2, 0.25) is 0 Å². The molecule has 3 nitrogen and oxygen atoms in total. The van der Waals surface area contributed by atoms with E-state index in [-0.39, 0.29) is 4.90 Å². The number of hydrogen-bond acceptors (Lipinski definition) is 2. The van der Waals surface area contributed by atoms with Gasteiger partial charge in [0.25, 0.3) is 10.1 Å². The van der Waals surface area contributed by atoms with Crippen molar-refractivity contribution in [2.45, 2.75) is 57.3 Å². The van der Waals surface area contributed by atoms with Crippen LogP contribution in [0.3, 0.4) is 0 Å². The third kappa shape index (κ3) is 3.68. The van der Waals surface area contributed by atoms with Crippen LogP contribution < -0.4 is 0 Å². The maximum absolute atomic E-state index is 12.0. The van der Waals surface area contributed by atoms with E-state index in [9.17, 15) is 13.0 Å². The smallest absolute Gasteiger partial charge is 0.282 e. The summed E-state index contributed by atoms with van der Waals surface area (Å²) in [5, 5.41) is 1.58. The van der Waals surface area contributed by atoms with Crippen LogP contribution in [0.4, 0.5) is 0 Å². The lowest BCUT2D eigenvalue weighted by molar-refractivity contribution is 0.483. The van der Waals surface area contributed by atoms with E-state index in [0.717, 1.165) is 48.6 Å². The number of aryl methyl sites for hydroxylation is 2. The van der Waals surface area contributed by atoms with Crippen molar-refractivity contribution in [2.24, 2.45) is 0 Å². The van der Waals surface area contributed by atoms with Crippen molar-refractivity contribution in [3.8, 4) is 0 Å². The number of hydrogen-bond donors (Lipinski definition) is 1. The Morgan fingerprint density at radius 2 is 1.55 bits per heavy atom. The summed E-state index contributed by atoms with van der Waals surface area (Å²) in [7, 11) is -4.24. The van der Waals surface area contributed by atoms with Gasteiger partial charge in [0.1, 0.15) is 4.90 Å². The third-order valence-electron chi connectivity index (χ3n) is 4.02. The fourth-order valence-electron chi connectivity index (χ4n) is 2.90. The van der Waals surface area contributed by atoms with Crippen molar-refractivity contribution in [1.82, 2.24) is 0 Å². The molecule has 2 aromatic carbocycles. The summed E-state index contributed by atoms with van der Waals surface area (Å²) >= 11 is 0. The van der Waals surface area contributed by atoms with Crippen molar-refractivity contribution in [2.75, 3.05) is 0 Å². The second kappa shape index (κ2) is 7.25. The van der Waals surface area contributed by atoms with E-state index in [0.29, 0.717) is 11.8 Å². The predicted molar refractivity (Wildman–Crippen MR) is 91.0 cm³/mol. The molecule has 0 aliphatic heterocycles. The van der Waals surface area contributed by atoms with Crippen LogP contribution in [0.1, 0.15) is 50.7 Å². The van der Waals surface area contributed by atoms with E-state index in [1.807, 2.05) is 30.3 Å². The molecular weight excluding hydrogens is 296 g/mol. The Morgan fingerprint density at radius 1 is 0.909 bits per heavy atom. The highest BCUT2D eigenvalue weighted by Crippen LogP contribution is 2.31. The maximum Gasteiger partial charge on any atom is 0.295 e. The second-order valence-electron chi connectivity index (χ2n) is 5.75. The van der Waals surface area contributed by atoms with Gasteiger partial charge in [0.15, 0.2) is 0 Å². The van der Waals surface area contributed by atoms with Crippen LogP contribution >= 0.6 is 0 Å². The summed E-state index contributed by atoms with van der Waals surface area (Å²) in [6.45, 7) is 4.18. The standard InChI is InChI=1S/C18H24O3S/c1-3-5-8-14-10-7-11-15-12-13-16(9-6-4-2)18(17(14)15)22(19,20)21/h7,10-13H,3-6,8-9H2,1-2H3,(H,19,20,21). The zero-order chi connectivity index (χ0) is 16.2. The lowest BCUT2D eigenvalue weighted by Crippen LogP contribution is -2.06. The molecule has 0 aromatic heterocycles. The van der Waals surface area contributed by atoms with Crippen LogP contribution in [0.5, 0.6) is 0 Å². The van der Waals surface area contributed by atoms with Gasteiger partial charge in [0.2, 0.25) is 0 Å². The summed E-state index contributed by atoms with van der Waals surface area (Å²) in [4.78, 5) is 0.116. The minimum Gasteiger partial charge on any atom is -0.282 e. The first-order chi connectivity index (χ1) is 10.5. The van der Waals surface area contributed by atoms with Gasteiger partial charge >= 0.3 is 0 Å². The molecule has 0 radical (unpaired) electrons. The molecule has 0 bridgehead atoms. The van der Waals surface area contributed by atoms with E-state index in [1.54, 1.807) is 0 Å². The van der Waals surface area contributed by atoms with Gasteiger partial charge in [-0.1, -0.05) is 57.0 Å². The third-order valence-corrected chi connectivity index (χ3v) is 5.01. The first-order valence-corrected chi connectivity index (χ1v) is 9.44. The van der Waals surface area contributed by atoms with E-state index in [4.69, 9.17) is 0 Å². The Balaban J connectivity index is 2.72. The first-order valence-electron chi connectivity index (χ1n) is 8.00. The fraction of sp³-hybridized carbons (Fsp3) is 0.444. The molecular formula is C18H24O3S. The van der Waals surface area contributed by atoms with Crippen LogP contribution in [-0.2, 0) is 23.0 Å². The molecule has 0 spiro atoms. The normalized spacial score (nSPS) is 12.0. The van der Waals surface area contributed by atoms with Gasteiger partial charge in [-0.2, -0.15) is 8.42 Å². The van der Waals surface area contributed by atoms with E-state index >= 15 is 0 Å². The molecule has 0 saturated carbocycles. The van der Waals surface area contributed by atoms with E-state index in [1.165, 1.54) is 0 Å². The minimum absolute atomic E-state index is 0.116. The van der Waals surface area contributed by atoms with Crippen molar-refractivity contribution >= 4 is 20.9 Å². The molecule has 120 valence electrons. The molecule has 0 amide bonds. The topological polar surface area (TPSA) is 54.4 Å². The van der Waals surface area contributed by atoms with Crippen molar-refractivity contribution in [1.29, 1.82) is 0 Å². The van der Waals surface area contributed by atoms with Gasteiger partial charge < -0.3 is 0 Å². The Bertz CT molecular complexity index is 748.